The molecule has 3 aromatic rings. The van der Waals surface area contributed by atoms with E-state index in [1.807, 2.05) is 60.1 Å². The zero-order valence-electron chi connectivity index (χ0n) is 19.4. The summed E-state index contributed by atoms with van der Waals surface area (Å²) in [6.07, 6.45) is 0.0630. The lowest BCUT2D eigenvalue weighted by Gasteiger charge is -2.45. The molecular weight excluding hydrogens is 498 g/mol. The van der Waals surface area contributed by atoms with Gasteiger partial charge >= 0.3 is 5.97 Å². The van der Waals surface area contributed by atoms with E-state index in [-0.39, 0.29) is 23.6 Å². The number of β-lactam (4-membered cyclic amide) rings is 1. The van der Waals surface area contributed by atoms with Crippen LogP contribution < -0.4 is 16.1 Å². The minimum Gasteiger partial charge on any atom is -0.341 e. The lowest BCUT2D eigenvalue weighted by molar-refractivity contribution is -0.156. The largest absolute Gasteiger partial charge is 0.341 e. The molecule has 0 radical (unpaired) electrons. The molecule has 1 saturated heterocycles. The Labute approximate surface area is 218 Å². The van der Waals surface area contributed by atoms with Crippen molar-refractivity contribution in [1.82, 2.24) is 16.1 Å². The molecule has 1 aliphatic heterocycles. The number of halogens is 1. The van der Waals surface area contributed by atoms with Crippen LogP contribution in [0.4, 0.5) is 0 Å². The first kappa shape index (κ1) is 25.8. The number of amides is 2. The second kappa shape index (κ2) is 12.1. The zero-order valence-corrected chi connectivity index (χ0v) is 20.9. The van der Waals surface area contributed by atoms with Crippen molar-refractivity contribution in [3.8, 4) is 0 Å². The molecule has 0 bridgehead atoms. The topological polar surface area (TPSA) is 96.5 Å². The molecule has 0 unspecified atom stereocenters. The quantitative estimate of drug-likeness (QED) is 0.163. The number of hydroxylamine groups is 1. The predicted molar refractivity (Wildman–Crippen MR) is 140 cm³/mol. The molecule has 3 aromatic carbocycles. The number of rotatable bonds is 10. The van der Waals surface area contributed by atoms with Crippen LogP contribution in [0.25, 0.3) is 0 Å². The van der Waals surface area contributed by atoms with E-state index in [0.717, 1.165) is 16.7 Å². The molecule has 1 aliphatic rings. The lowest BCUT2D eigenvalue weighted by atomic mass is 9.76. The van der Waals surface area contributed by atoms with Crippen molar-refractivity contribution >= 4 is 41.1 Å². The third kappa shape index (κ3) is 5.73. The summed E-state index contributed by atoms with van der Waals surface area (Å²) in [5.74, 6) is -1.18. The summed E-state index contributed by atoms with van der Waals surface area (Å²) in [5.41, 5.74) is 4.22. The Morgan fingerprint density at radius 3 is 1.83 bits per heavy atom. The van der Waals surface area contributed by atoms with Crippen LogP contribution in [0.2, 0.25) is 0 Å². The first-order chi connectivity index (χ1) is 17.5. The van der Waals surface area contributed by atoms with Gasteiger partial charge in [0.15, 0.2) is 0 Å². The van der Waals surface area contributed by atoms with Crippen molar-refractivity contribution in [2.24, 2.45) is 0 Å². The van der Waals surface area contributed by atoms with Gasteiger partial charge in [0, 0.05) is 5.75 Å². The third-order valence-corrected chi connectivity index (χ3v) is 7.30. The Morgan fingerprint density at radius 2 is 1.39 bits per heavy atom. The number of alkyl halides is 1. The fraction of sp³-hybridized carbons (Fsp3) is 0.222. The number of carbonyl (C=O) groups is 3. The van der Waals surface area contributed by atoms with Crippen LogP contribution >= 0.6 is 23.4 Å². The standard InChI is InChI=1S/C27H26ClN3O4S/c28-18-22(32)31-35-23(33)16-17-36-26-24(25(34)29-26)30-27(19-10-4-1-5-11-19,20-12-6-2-7-13-20)21-14-8-3-9-15-21/h1-15,24,26,30H,16-18H2,(H,29,34)(H,31,32)/t24-,26-/m1/s1. The summed E-state index contributed by atoms with van der Waals surface area (Å²) in [6.45, 7) is 0. The van der Waals surface area contributed by atoms with Gasteiger partial charge in [-0.25, -0.2) is 4.79 Å². The average Bonchev–Trinajstić information content (AvgIpc) is 2.93. The molecule has 0 spiro atoms. The van der Waals surface area contributed by atoms with E-state index in [9.17, 15) is 14.4 Å². The smallest absolute Gasteiger partial charge is 0.333 e. The number of hydrogen-bond acceptors (Lipinski definition) is 6. The molecule has 4 rings (SSSR count). The van der Waals surface area contributed by atoms with Crippen molar-refractivity contribution in [2.75, 3.05) is 11.6 Å². The van der Waals surface area contributed by atoms with Crippen LogP contribution in [0.15, 0.2) is 91.0 Å². The molecule has 3 N–H and O–H groups in total. The Morgan fingerprint density at radius 1 is 0.889 bits per heavy atom. The van der Waals surface area contributed by atoms with E-state index in [1.165, 1.54) is 11.8 Å². The van der Waals surface area contributed by atoms with Crippen molar-refractivity contribution in [1.29, 1.82) is 0 Å². The van der Waals surface area contributed by atoms with Gasteiger partial charge in [0.05, 0.1) is 17.3 Å². The molecular formula is C27H26ClN3O4S. The van der Waals surface area contributed by atoms with Crippen LogP contribution in [0.3, 0.4) is 0 Å². The molecule has 2 amide bonds. The minimum atomic E-state index is -0.782. The highest BCUT2D eigenvalue weighted by Crippen LogP contribution is 2.38. The van der Waals surface area contributed by atoms with Crippen molar-refractivity contribution in [3.63, 3.8) is 0 Å². The molecule has 186 valence electrons. The SMILES string of the molecule is O=C(CCl)NOC(=O)CCS[C@H]1NC(=O)[C@H]1NC(c1ccccc1)(c1ccccc1)c1ccccc1. The third-order valence-electron chi connectivity index (χ3n) is 5.87. The number of carbonyl (C=O) groups excluding carboxylic acids is 3. The van der Waals surface area contributed by atoms with Crippen molar-refractivity contribution in [3.05, 3.63) is 108 Å². The van der Waals surface area contributed by atoms with Gasteiger partial charge in [0.1, 0.15) is 11.9 Å². The maximum Gasteiger partial charge on any atom is 0.333 e. The summed E-state index contributed by atoms with van der Waals surface area (Å²) < 4.78 is 0. The van der Waals surface area contributed by atoms with Gasteiger partial charge in [-0.1, -0.05) is 91.0 Å². The maximum absolute atomic E-state index is 12.8. The van der Waals surface area contributed by atoms with Crippen LogP contribution in [0.1, 0.15) is 23.1 Å². The molecule has 1 heterocycles. The highest BCUT2D eigenvalue weighted by molar-refractivity contribution is 8.00. The minimum absolute atomic E-state index is 0.0630. The molecule has 36 heavy (non-hydrogen) atoms. The summed E-state index contributed by atoms with van der Waals surface area (Å²) in [7, 11) is 0. The van der Waals surface area contributed by atoms with Gasteiger partial charge in [-0.2, -0.15) is 5.48 Å². The van der Waals surface area contributed by atoms with Crippen LogP contribution in [-0.2, 0) is 24.8 Å². The van der Waals surface area contributed by atoms with Crippen LogP contribution in [-0.4, -0.2) is 40.8 Å². The lowest BCUT2D eigenvalue weighted by Crippen LogP contribution is -2.70. The Kier molecular flexibility index (Phi) is 8.64. The van der Waals surface area contributed by atoms with Crippen molar-refractivity contribution < 1.29 is 19.2 Å². The van der Waals surface area contributed by atoms with Gasteiger partial charge in [0.2, 0.25) is 5.91 Å². The molecule has 1 fully saturated rings. The van der Waals surface area contributed by atoms with E-state index in [2.05, 4.69) is 47.0 Å². The van der Waals surface area contributed by atoms with Gasteiger partial charge in [-0.05, 0) is 16.7 Å². The second-order valence-corrected chi connectivity index (χ2v) is 9.67. The number of benzene rings is 3. The first-order valence-corrected chi connectivity index (χ1v) is 13.0. The van der Waals surface area contributed by atoms with E-state index < -0.39 is 23.5 Å². The van der Waals surface area contributed by atoms with E-state index in [4.69, 9.17) is 16.4 Å². The zero-order chi connectivity index (χ0) is 25.4. The number of hydrogen-bond donors (Lipinski definition) is 3. The Bertz CT molecular complexity index is 1080. The molecule has 7 nitrogen and oxygen atoms in total. The summed E-state index contributed by atoms with van der Waals surface area (Å²) in [4.78, 5) is 40.5. The van der Waals surface area contributed by atoms with Crippen molar-refractivity contribution in [2.45, 2.75) is 23.4 Å². The number of thioether (sulfide) groups is 1. The maximum atomic E-state index is 12.8. The molecule has 0 aliphatic carbocycles. The van der Waals surface area contributed by atoms with E-state index >= 15 is 0 Å². The van der Waals surface area contributed by atoms with E-state index in [0.29, 0.717) is 5.75 Å². The predicted octanol–water partition coefficient (Wildman–Crippen LogP) is 3.33. The van der Waals surface area contributed by atoms with Crippen LogP contribution in [0.5, 0.6) is 0 Å². The van der Waals surface area contributed by atoms with Gasteiger partial charge in [-0.15, -0.1) is 23.4 Å². The first-order valence-electron chi connectivity index (χ1n) is 11.5. The van der Waals surface area contributed by atoms with Crippen LogP contribution in [0, 0.1) is 0 Å². The molecule has 0 saturated carbocycles. The Balaban J connectivity index is 1.57. The van der Waals surface area contributed by atoms with E-state index in [1.54, 1.807) is 0 Å². The Hall–Kier alpha value is -3.33. The fourth-order valence-corrected chi connectivity index (χ4v) is 5.32. The normalized spacial score (nSPS) is 17.0. The van der Waals surface area contributed by atoms with Gasteiger partial charge < -0.3 is 10.2 Å². The molecule has 2 atom stereocenters. The average molecular weight is 524 g/mol. The van der Waals surface area contributed by atoms with Gasteiger partial charge in [-0.3, -0.25) is 14.9 Å². The molecule has 9 heteroatoms. The highest BCUT2D eigenvalue weighted by atomic mass is 35.5. The monoisotopic (exact) mass is 523 g/mol. The fourth-order valence-electron chi connectivity index (χ4n) is 4.14. The highest BCUT2D eigenvalue weighted by Gasteiger charge is 2.47. The molecule has 0 aromatic heterocycles. The number of nitrogens with one attached hydrogen (secondary N) is 3. The summed E-state index contributed by atoms with van der Waals surface area (Å²) in [5, 5.41) is 6.35. The summed E-state index contributed by atoms with van der Waals surface area (Å²) >= 11 is 6.80. The second-order valence-electron chi connectivity index (χ2n) is 8.15. The summed E-state index contributed by atoms with van der Waals surface area (Å²) in [6, 6.07) is 29.6. The van der Waals surface area contributed by atoms with Gasteiger partial charge in [0.25, 0.3) is 5.91 Å².